The molecule has 2 aromatic rings. The second-order valence-electron chi connectivity index (χ2n) is 6.66. The monoisotopic (exact) mass is 355 g/mol. The highest BCUT2D eigenvalue weighted by Gasteiger charge is 2.48. The first-order chi connectivity index (χ1) is 12.3. The predicted molar refractivity (Wildman–Crippen MR) is 94.2 cm³/mol. The number of amides is 4. The Kier molecular flexibility index (Phi) is 4.54. The van der Waals surface area contributed by atoms with Crippen LogP contribution in [0, 0.1) is 13.8 Å². The number of nitrogens with one attached hydrogen (secondary N) is 2. The number of furan rings is 1. The van der Waals surface area contributed by atoms with Gasteiger partial charge in [0.1, 0.15) is 17.1 Å². The lowest BCUT2D eigenvalue weighted by atomic mass is 9.93. The summed E-state index contributed by atoms with van der Waals surface area (Å²) in [4.78, 5) is 37.3. The van der Waals surface area contributed by atoms with Crippen LogP contribution in [-0.2, 0) is 11.2 Å². The summed E-state index contributed by atoms with van der Waals surface area (Å²) in [6, 6.07) is 10.6. The molecule has 0 saturated carbocycles. The molecule has 2 N–H and O–H groups in total. The Labute approximate surface area is 151 Å². The summed E-state index contributed by atoms with van der Waals surface area (Å²) in [5.74, 6) is -0.0312. The van der Waals surface area contributed by atoms with Gasteiger partial charge in [0, 0.05) is 0 Å². The lowest BCUT2D eigenvalue weighted by Crippen LogP contribution is -2.49. The smallest absolute Gasteiger partial charge is 0.344 e. The van der Waals surface area contributed by atoms with Crippen LogP contribution in [0.1, 0.15) is 40.8 Å². The van der Waals surface area contributed by atoms with Gasteiger partial charge in [0.05, 0.1) is 5.56 Å². The van der Waals surface area contributed by atoms with E-state index in [1.165, 1.54) is 0 Å². The minimum Gasteiger partial charge on any atom is -0.466 e. The van der Waals surface area contributed by atoms with E-state index in [0.29, 0.717) is 29.9 Å². The lowest BCUT2D eigenvalue weighted by Gasteiger charge is -2.21. The highest BCUT2D eigenvalue weighted by atomic mass is 16.3. The minimum atomic E-state index is -1.07. The molecule has 0 bridgehead atoms. The van der Waals surface area contributed by atoms with E-state index < -0.39 is 23.4 Å². The molecule has 1 atom stereocenters. The first-order valence-corrected chi connectivity index (χ1v) is 8.39. The zero-order valence-electron chi connectivity index (χ0n) is 15.0. The number of nitrogens with zero attached hydrogens (tertiary/aromatic N) is 1. The van der Waals surface area contributed by atoms with E-state index in [-0.39, 0.29) is 0 Å². The van der Waals surface area contributed by atoms with Crippen LogP contribution in [0.15, 0.2) is 40.8 Å². The van der Waals surface area contributed by atoms with Gasteiger partial charge < -0.3 is 9.73 Å². The molecular formula is C19H21N3O4. The maximum Gasteiger partial charge on any atom is 0.344 e. The van der Waals surface area contributed by atoms with Gasteiger partial charge >= 0.3 is 6.03 Å². The molecule has 1 aliphatic heterocycles. The number of hydrogen-bond donors (Lipinski definition) is 2. The van der Waals surface area contributed by atoms with Gasteiger partial charge in [-0.05, 0) is 45.2 Å². The SMILES string of the molecule is Cc1cc(C(=O)NN2C(=O)NC(C)(CCc3ccccc3)C2=O)c(C)o1. The number of aryl methyl sites for hydroxylation is 3. The molecule has 2 heterocycles. The number of carbonyl (C=O) groups excluding carboxylic acids is 3. The first kappa shape index (κ1) is 17.7. The third-order valence-electron chi connectivity index (χ3n) is 4.52. The molecule has 0 spiro atoms. The predicted octanol–water partition coefficient (Wildman–Crippen LogP) is 2.48. The first-order valence-electron chi connectivity index (χ1n) is 8.39. The molecule has 1 aliphatic rings. The normalized spacial score (nSPS) is 19.6. The Hall–Kier alpha value is -3.09. The molecule has 1 fully saturated rings. The number of rotatable bonds is 5. The van der Waals surface area contributed by atoms with Crippen molar-refractivity contribution in [2.24, 2.45) is 0 Å². The molecule has 7 nitrogen and oxygen atoms in total. The zero-order valence-corrected chi connectivity index (χ0v) is 15.0. The van der Waals surface area contributed by atoms with Crippen molar-refractivity contribution >= 4 is 17.8 Å². The van der Waals surface area contributed by atoms with Crippen LogP contribution in [0.25, 0.3) is 0 Å². The third-order valence-corrected chi connectivity index (χ3v) is 4.52. The van der Waals surface area contributed by atoms with Crippen molar-refractivity contribution in [3.63, 3.8) is 0 Å². The van der Waals surface area contributed by atoms with Gasteiger partial charge in [-0.1, -0.05) is 30.3 Å². The number of urea groups is 1. The Morgan fingerprint density at radius 3 is 2.54 bits per heavy atom. The summed E-state index contributed by atoms with van der Waals surface area (Å²) in [7, 11) is 0. The van der Waals surface area contributed by atoms with E-state index >= 15 is 0 Å². The molecule has 1 unspecified atom stereocenters. The molecule has 7 heteroatoms. The molecular weight excluding hydrogens is 334 g/mol. The quantitative estimate of drug-likeness (QED) is 0.806. The average Bonchev–Trinajstić information content (AvgIpc) is 3.05. The summed E-state index contributed by atoms with van der Waals surface area (Å²) < 4.78 is 5.32. The van der Waals surface area contributed by atoms with Gasteiger partial charge in [0.2, 0.25) is 0 Å². The molecule has 1 aromatic heterocycles. The molecule has 136 valence electrons. The number of benzene rings is 1. The van der Waals surface area contributed by atoms with Gasteiger partial charge in [-0.15, -0.1) is 0 Å². The average molecular weight is 355 g/mol. The van der Waals surface area contributed by atoms with E-state index in [1.807, 2.05) is 30.3 Å². The van der Waals surface area contributed by atoms with E-state index in [4.69, 9.17) is 4.42 Å². The highest BCUT2D eigenvalue weighted by molar-refractivity contribution is 6.09. The lowest BCUT2D eigenvalue weighted by molar-refractivity contribution is -0.132. The molecule has 1 aromatic carbocycles. The molecule has 4 amide bonds. The van der Waals surface area contributed by atoms with Crippen LogP contribution in [0.3, 0.4) is 0 Å². The van der Waals surface area contributed by atoms with Crippen molar-refractivity contribution in [3.8, 4) is 0 Å². The van der Waals surface area contributed by atoms with E-state index in [0.717, 1.165) is 10.6 Å². The van der Waals surface area contributed by atoms with Crippen molar-refractivity contribution in [3.05, 3.63) is 59.0 Å². The Bertz CT molecular complexity index is 859. The highest BCUT2D eigenvalue weighted by Crippen LogP contribution is 2.23. The second kappa shape index (κ2) is 6.67. The van der Waals surface area contributed by atoms with Gasteiger partial charge in [0.15, 0.2) is 0 Å². The Balaban J connectivity index is 1.70. The Morgan fingerprint density at radius 2 is 1.92 bits per heavy atom. The number of carbonyl (C=O) groups is 3. The Morgan fingerprint density at radius 1 is 1.23 bits per heavy atom. The number of imide groups is 1. The van der Waals surface area contributed by atoms with E-state index in [2.05, 4.69) is 10.7 Å². The molecule has 1 saturated heterocycles. The summed E-state index contributed by atoms with van der Waals surface area (Å²) in [5, 5.41) is 3.42. The summed E-state index contributed by atoms with van der Waals surface area (Å²) in [6.07, 6.45) is 1.06. The summed E-state index contributed by atoms with van der Waals surface area (Å²) in [6.45, 7) is 5.03. The summed E-state index contributed by atoms with van der Waals surface area (Å²) in [5.41, 5.74) is 2.67. The van der Waals surface area contributed by atoms with Crippen LogP contribution >= 0.6 is 0 Å². The van der Waals surface area contributed by atoms with Gasteiger partial charge in [-0.3, -0.25) is 15.0 Å². The zero-order chi connectivity index (χ0) is 18.9. The van der Waals surface area contributed by atoms with Gasteiger partial charge in [-0.25, -0.2) is 4.79 Å². The van der Waals surface area contributed by atoms with Crippen LogP contribution in [0.2, 0.25) is 0 Å². The van der Waals surface area contributed by atoms with Crippen molar-refractivity contribution < 1.29 is 18.8 Å². The minimum absolute atomic E-state index is 0.293. The standard InChI is InChI=1S/C19H21N3O4/c1-12-11-15(13(2)26-12)16(23)21-22-17(24)19(3,20-18(22)25)10-9-14-7-5-4-6-8-14/h4-8,11H,9-10H2,1-3H3,(H,20,25)(H,21,23). The largest absolute Gasteiger partial charge is 0.466 e. The van der Waals surface area contributed by atoms with Gasteiger partial charge in [-0.2, -0.15) is 5.01 Å². The van der Waals surface area contributed by atoms with Crippen molar-refractivity contribution in [1.82, 2.24) is 15.8 Å². The maximum atomic E-state index is 12.7. The van der Waals surface area contributed by atoms with Gasteiger partial charge in [0.25, 0.3) is 11.8 Å². The van der Waals surface area contributed by atoms with Crippen LogP contribution < -0.4 is 10.7 Å². The van der Waals surface area contributed by atoms with E-state index in [9.17, 15) is 14.4 Å². The molecule has 3 rings (SSSR count). The molecule has 0 radical (unpaired) electrons. The number of hydrazine groups is 1. The molecule has 26 heavy (non-hydrogen) atoms. The summed E-state index contributed by atoms with van der Waals surface area (Å²) >= 11 is 0. The maximum absolute atomic E-state index is 12.7. The second-order valence-corrected chi connectivity index (χ2v) is 6.66. The van der Waals surface area contributed by atoms with Crippen LogP contribution in [0.5, 0.6) is 0 Å². The number of hydrogen-bond acceptors (Lipinski definition) is 4. The third kappa shape index (κ3) is 3.33. The van der Waals surface area contributed by atoms with Crippen molar-refractivity contribution in [2.75, 3.05) is 0 Å². The molecule has 0 aliphatic carbocycles. The van der Waals surface area contributed by atoms with Crippen LogP contribution in [-0.4, -0.2) is 28.4 Å². The fourth-order valence-electron chi connectivity index (χ4n) is 3.01. The van der Waals surface area contributed by atoms with Crippen molar-refractivity contribution in [2.45, 2.75) is 39.2 Å². The fourth-order valence-corrected chi connectivity index (χ4v) is 3.01. The van der Waals surface area contributed by atoms with Crippen molar-refractivity contribution in [1.29, 1.82) is 0 Å². The fraction of sp³-hybridized carbons (Fsp3) is 0.316. The van der Waals surface area contributed by atoms with E-state index in [1.54, 1.807) is 26.8 Å². The van der Waals surface area contributed by atoms with Crippen LogP contribution in [0.4, 0.5) is 4.79 Å². The topological polar surface area (TPSA) is 91.7 Å².